The Morgan fingerprint density at radius 2 is 1.94 bits per heavy atom. The van der Waals surface area contributed by atoms with Gasteiger partial charge in [0, 0.05) is 12.2 Å². The Balaban J connectivity index is 1.85. The molecule has 0 spiro atoms. The summed E-state index contributed by atoms with van der Waals surface area (Å²) < 4.78 is 16.3. The second-order valence-corrected chi connectivity index (χ2v) is 4.22. The van der Waals surface area contributed by atoms with Crippen LogP contribution in [0.1, 0.15) is 23.2 Å². The van der Waals surface area contributed by atoms with Crippen molar-refractivity contribution in [2.75, 3.05) is 19.8 Å². The van der Waals surface area contributed by atoms with Gasteiger partial charge in [-0.1, -0.05) is 0 Å². The molecule has 1 aromatic carbocycles. The van der Waals surface area contributed by atoms with Gasteiger partial charge >= 0.3 is 0 Å². The molecule has 4 heteroatoms. The van der Waals surface area contributed by atoms with Crippen molar-refractivity contribution in [2.24, 2.45) is 0 Å². The smallest absolute Gasteiger partial charge is 0.191 e. The van der Waals surface area contributed by atoms with Crippen LogP contribution in [0.25, 0.3) is 0 Å². The molecule has 0 aromatic heterocycles. The zero-order chi connectivity index (χ0) is 11.7. The lowest BCUT2D eigenvalue weighted by Crippen LogP contribution is -2.20. The summed E-state index contributed by atoms with van der Waals surface area (Å²) in [4.78, 5) is 12.1. The van der Waals surface area contributed by atoms with E-state index in [1.54, 1.807) is 18.2 Å². The number of Topliss-reactive ketones (excluding diaryl/α,β-unsaturated/α-hetero) is 1. The first-order valence-corrected chi connectivity index (χ1v) is 5.90. The Hall–Kier alpha value is -1.55. The van der Waals surface area contributed by atoms with Crippen LogP contribution in [0.15, 0.2) is 18.2 Å². The number of carbonyl (C=O) groups is 1. The highest BCUT2D eigenvalue weighted by atomic mass is 16.6. The van der Waals surface area contributed by atoms with Gasteiger partial charge in [-0.25, -0.2) is 0 Å². The standard InChI is InChI=1S/C13H14O4/c14-13(11-2-1-5-15-11)9-3-4-10-12(8-9)17-7-6-16-10/h3-4,8,11H,1-2,5-7H2. The first kappa shape index (κ1) is 10.6. The highest BCUT2D eigenvalue weighted by molar-refractivity contribution is 6.00. The van der Waals surface area contributed by atoms with Crippen molar-refractivity contribution in [3.8, 4) is 11.5 Å². The molecule has 0 N–H and O–H groups in total. The molecule has 4 nitrogen and oxygen atoms in total. The molecule has 0 aliphatic carbocycles. The number of carbonyl (C=O) groups excluding carboxylic acids is 1. The molecule has 0 radical (unpaired) electrons. The average Bonchev–Trinajstić information content (AvgIpc) is 2.91. The molecule has 17 heavy (non-hydrogen) atoms. The Morgan fingerprint density at radius 3 is 2.71 bits per heavy atom. The summed E-state index contributed by atoms with van der Waals surface area (Å²) in [6.45, 7) is 1.78. The number of hydrogen-bond acceptors (Lipinski definition) is 4. The predicted molar refractivity (Wildman–Crippen MR) is 60.7 cm³/mol. The van der Waals surface area contributed by atoms with Gasteiger partial charge in [0.05, 0.1) is 0 Å². The van der Waals surface area contributed by atoms with Gasteiger partial charge < -0.3 is 14.2 Å². The van der Waals surface area contributed by atoms with E-state index in [0.717, 1.165) is 12.8 Å². The van der Waals surface area contributed by atoms with Crippen LogP contribution in [0.5, 0.6) is 11.5 Å². The molecule has 1 atom stereocenters. The molecule has 1 unspecified atom stereocenters. The molecule has 0 amide bonds. The third-order valence-electron chi connectivity index (χ3n) is 3.05. The van der Waals surface area contributed by atoms with E-state index in [9.17, 15) is 4.79 Å². The van der Waals surface area contributed by atoms with E-state index in [1.807, 2.05) is 0 Å². The van der Waals surface area contributed by atoms with E-state index in [1.165, 1.54) is 0 Å². The lowest BCUT2D eigenvalue weighted by molar-refractivity contribution is 0.0642. The molecular formula is C13H14O4. The monoisotopic (exact) mass is 234 g/mol. The predicted octanol–water partition coefficient (Wildman–Crippen LogP) is 1.82. The SMILES string of the molecule is O=C(c1ccc2c(c1)OCCO2)C1CCCO1. The Labute approximate surface area is 99.5 Å². The van der Waals surface area contributed by atoms with Crippen LogP contribution < -0.4 is 9.47 Å². The number of fused-ring (bicyclic) bond motifs is 1. The summed E-state index contributed by atoms with van der Waals surface area (Å²) >= 11 is 0. The maximum atomic E-state index is 12.1. The van der Waals surface area contributed by atoms with Crippen molar-refractivity contribution in [3.05, 3.63) is 23.8 Å². The first-order chi connectivity index (χ1) is 8.34. The van der Waals surface area contributed by atoms with E-state index >= 15 is 0 Å². The summed E-state index contributed by atoms with van der Waals surface area (Å²) in [7, 11) is 0. The van der Waals surface area contributed by atoms with Gasteiger partial charge in [-0.3, -0.25) is 4.79 Å². The van der Waals surface area contributed by atoms with Gasteiger partial charge in [0.15, 0.2) is 17.3 Å². The van der Waals surface area contributed by atoms with Crippen molar-refractivity contribution in [2.45, 2.75) is 18.9 Å². The molecule has 1 fully saturated rings. The summed E-state index contributed by atoms with van der Waals surface area (Å²) in [6.07, 6.45) is 1.49. The van der Waals surface area contributed by atoms with Gasteiger partial charge in [0.25, 0.3) is 0 Å². The van der Waals surface area contributed by atoms with Crippen molar-refractivity contribution in [3.63, 3.8) is 0 Å². The summed E-state index contributed by atoms with van der Waals surface area (Å²) in [5.74, 6) is 1.40. The molecule has 0 saturated carbocycles. The van der Waals surface area contributed by atoms with Crippen LogP contribution in [0, 0.1) is 0 Å². The summed E-state index contributed by atoms with van der Waals surface area (Å²) in [5.41, 5.74) is 0.640. The molecule has 2 aliphatic rings. The van der Waals surface area contributed by atoms with E-state index in [2.05, 4.69) is 0 Å². The first-order valence-electron chi connectivity index (χ1n) is 5.90. The van der Waals surface area contributed by atoms with Crippen molar-refractivity contribution in [1.82, 2.24) is 0 Å². The highest BCUT2D eigenvalue weighted by Crippen LogP contribution is 2.31. The number of hydrogen-bond donors (Lipinski definition) is 0. The number of ether oxygens (including phenoxy) is 3. The van der Waals surface area contributed by atoms with E-state index in [4.69, 9.17) is 14.2 Å². The third kappa shape index (κ3) is 2.00. The lowest BCUT2D eigenvalue weighted by atomic mass is 10.0. The normalized spacial score (nSPS) is 22.5. The molecule has 3 rings (SSSR count). The number of benzene rings is 1. The topological polar surface area (TPSA) is 44.8 Å². The fourth-order valence-electron chi connectivity index (χ4n) is 2.17. The summed E-state index contributed by atoms with van der Waals surface area (Å²) in [5, 5.41) is 0. The molecule has 1 saturated heterocycles. The minimum atomic E-state index is -0.280. The van der Waals surface area contributed by atoms with Crippen LogP contribution >= 0.6 is 0 Å². The van der Waals surface area contributed by atoms with Gasteiger partial charge in [-0.2, -0.15) is 0 Å². The minimum Gasteiger partial charge on any atom is -0.486 e. The molecule has 2 aliphatic heterocycles. The van der Waals surface area contributed by atoms with Crippen LogP contribution in [0.4, 0.5) is 0 Å². The number of rotatable bonds is 2. The Kier molecular flexibility index (Phi) is 2.73. The van der Waals surface area contributed by atoms with Gasteiger partial charge in [-0.15, -0.1) is 0 Å². The number of ketones is 1. The van der Waals surface area contributed by atoms with Crippen LogP contribution in [0.2, 0.25) is 0 Å². The van der Waals surface area contributed by atoms with Crippen LogP contribution in [0.3, 0.4) is 0 Å². The minimum absolute atomic E-state index is 0.0412. The van der Waals surface area contributed by atoms with Gasteiger partial charge in [0.1, 0.15) is 19.3 Å². The zero-order valence-electron chi connectivity index (χ0n) is 9.48. The van der Waals surface area contributed by atoms with Gasteiger partial charge in [0.2, 0.25) is 0 Å². The van der Waals surface area contributed by atoms with E-state index in [-0.39, 0.29) is 11.9 Å². The van der Waals surface area contributed by atoms with Gasteiger partial charge in [-0.05, 0) is 31.0 Å². The maximum Gasteiger partial charge on any atom is 0.191 e. The van der Waals surface area contributed by atoms with Crippen LogP contribution in [-0.4, -0.2) is 31.7 Å². The van der Waals surface area contributed by atoms with Crippen molar-refractivity contribution >= 4 is 5.78 Å². The maximum absolute atomic E-state index is 12.1. The van der Waals surface area contributed by atoms with E-state index < -0.39 is 0 Å². The zero-order valence-corrected chi connectivity index (χ0v) is 9.48. The highest BCUT2D eigenvalue weighted by Gasteiger charge is 2.25. The van der Waals surface area contributed by atoms with Crippen molar-refractivity contribution < 1.29 is 19.0 Å². The van der Waals surface area contributed by atoms with E-state index in [0.29, 0.717) is 36.9 Å². The second kappa shape index (κ2) is 4.37. The molecular weight excluding hydrogens is 220 g/mol. The second-order valence-electron chi connectivity index (χ2n) is 4.22. The largest absolute Gasteiger partial charge is 0.486 e. The Bertz CT molecular complexity index is 435. The lowest BCUT2D eigenvalue weighted by Gasteiger charge is -2.19. The quantitative estimate of drug-likeness (QED) is 0.732. The van der Waals surface area contributed by atoms with Crippen molar-refractivity contribution in [1.29, 1.82) is 0 Å². The van der Waals surface area contributed by atoms with Crippen LogP contribution in [-0.2, 0) is 4.74 Å². The molecule has 90 valence electrons. The molecule has 1 aromatic rings. The average molecular weight is 234 g/mol. The molecule has 0 bridgehead atoms. The molecule has 2 heterocycles. The fraction of sp³-hybridized carbons (Fsp3) is 0.462. The summed E-state index contributed by atoms with van der Waals surface area (Å²) in [6, 6.07) is 5.31. The third-order valence-corrected chi connectivity index (χ3v) is 3.05. The Morgan fingerprint density at radius 1 is 1.12 bits per heavy atom. The fourth-order valence-corrected chi connectivity index (χ4v) is 2.17.